The Labute approximate surface area is 186 Å². The van der Waals surface area contributed by atoms with Crippen LogP contribution in [0.4, 0.5) is 5.69 Å². The van der Waals surface area contributed by atoms with Crippen LogP contribution in [0.25, 0.3) is 5.57 Å². The summed E-state index contributed by atoms with van der Waals surface area (Å²) in [6, 6.07) is 19.6. The van der Waals surface area contributed by atoms with Gasteiger partial charge in [-0.3, -0.25) is 0 Å². The summed E-state index contributed by atoms with van der Waals surface area (Å²) in [7, 11) is 4.14. The number of rotatable bonds is 5. The molecule has 1 aliphatic carbocycles. The standard InChI is InChI=1S/C25H29N2.C2H4O2/c1-5-27(6-2)24-18-14-22(15-19-24)25(20-10-8-7-9-11-20)21-12-16-23(17-13-21)26(3)4;1-2(3)4/h7-19H,5-6H2,1-4H3;1H3,(H,3,4)/q+1;/p-1. The van der Waals surface area contributed by atoms with Crippen molar-refractivity contribution < 1.29 is 14.5 Å². The number of hydrogen-bond donors (Lipinski definition) is 0. The third-order valence-corrected chi connectivity index (χ3v) is 5.02. The van der Waals surface area contributed by atoms with Gasteiger partial charge in [-0.25, -0.2) is 4.58 Å². The molecule has 0 heterocycles. The summed E-state index contributed by atoms with van der Waals surface area (Å²) in [6.07, 6.45) is 8.80. The fourth-order valence-electron chi connectivity index (χ4n) is 3.46. The van der Waals surface area contributed by atoms with E-state index in [9.17, 15) is 0 Å². The van der Waals surface area contributed by atoms with E-state index in [1.807, 2.05) is 0 Å². The number of carboxylic acid groups (broad SMARTS) is 1. The fourth-order valence-corrected chi connectivity index (χ4v) is 3.46. The summed E-state index contributed by atoms with van der Waals surface area (Å²) in [5.41, 5.74) is 7.48. The van der Waals surface area contributed by atoms with Gasteiger partial charge < -0.3 is 14.8 Å². The molecule has 2 aromatic rings. The molecule has 0 saturated carbocycles. The van der Waals surface area contributed by atoms with Crippen LogP contribution in [0.2, 0.25) is 0 Å². The molecule has 0 atom stereocenters. The summed E-state index contributed by atoms with van der Waals surface area (Å²) in [5, 5.41) is 8.89. The Kier molecular flexibility index (Phi) is 9.01. The smallest absolute Gasteiger partial charge is 0.199 e. The largest absolute Gasteiger partial charge is 0.550 e. The van der Waals surface area contributed by atoms with E-state index < -0.39 is 5.97 Å². The predicted octanol–water partition coefficient (Wildman–Crippen LogP) is 3.93. The first-order chi connectivity index (χ1) is 14.9. The van der Waals surface area contributed by atoms with Crippen LogP contribution < -0.4 is 10.0 Å². The summed E-state index contributed by atoms with van der Waals surface area (Å²) in [4.78, 5) is 11.3. The topological polar surface area (TPSA) is 46.4 Å². The zero-order chi connectivity index (χ0) is 22.8. The molecule has 0 saturated heterocycles. The van der Waals surface area contributed by atoms with Crippen molar-refractivity contribution in [2.24, 2.45) is 0 Å². The highest BCUT2D eigenvalue weighted by Gasteiger charge is 2.13. The van der Waals surface area contributed by atoms with Gasteiger partial charge in [0, 0.05) is 36.9 Å². The SMILES string of the molecule is CC(=O)[O-].CCN(CC)c1ccc(C(=C2C=CC(=[N+](C)C)C=C2)c2ccccc2)cc1. The molecule has 0 radical (unpaired) electrons. The summed E-state index contributed by atoms with van der Waals surface area (Å²) >= 11 is 0. The van der Waals surface area contributed by atoms with E-state index >= 15 is 0 Å². The molecule has 31 heavy (non-hydrogen) atoms. The van der Waals surface area contributed by atoms with Crippen LogP contribution in [-0.2, 0) is 4.79 Å². The zero-order valence-electron chi connectivity index (χ0n) is 19.1. The Morgan fingerprint density at radius 2 is 1.32 bits per heavy atom. The lowest BCUT2D eigenvalue weighted by Gasteiger charge is -2.21. The number of allylic oxidation sites excluding steroid dienone is 5. The average Bonchev–Trinajstić information content (AvgIpc) is 2.76. The molecule has 0 aromatic heterocycles. The molecule has 0 unspecified atom stereocenters. The third-order valence-electron chi connectivity index (χ3n) is 5.02. The molecule has 2 aromatic carbocycles. The van der Waals surface area contributed by atoms with Crippen LogP contribution in [0.15, 0.2) is 84.5 Å². The van der Waals surface area contributed by atoms with Crippen LogP contribution in [0, 0.1) is 0 Å². The molecule has 1 aliphatic rings. The molecule has 3 rings (SSSR count). The van der Waals surface area contributed by atoms with Crippen molar-refractivity contribution in [1.82, 2.24) is 0 Å². The highest BCUT2D eigenvalue weighted by molar-refractivity contribution is 6.03. The summed E-state index contributed by atoms with van der Waals surface area (Å²) < 4.78 is 2.13. The van der Waals surface area contributed by atoms with E-state index in [1.54, 1.807) is 0 Å². The monoisotopic (exact) mass is 416 g/mol. The minimum atomic E-state index is -1.08. The Hall–Kier alpha value is -3.40. The van der Waals surface area contributed by atoms with E-state index in [-0.39, 0.29) is 0 Å². The predicted molar refractivity (Wildman–Crippen MR) is 129 cm³/mol. The fraction of sp³-hybridized carbons (Fsp3) is 0.259. The lowest BCUT2D eigenvalue weighted by Crippen LogP contribution is -2.21. The molecular weight excluding hydrogens is 384 g/mol. The number of anilines is 1. The van der Waals surface area contributed by atoms with Crippen molar-refractivity contribution in [3.8, 4) is 0 Å². The molecule has 4 heteroatoms. The number of carbonyl (C=O) groups excluding carboxylic acids is 1. The second-order valence-corrected chi connectivity index (χ2v) is 7.39. The number of benzene rings is 2. The Bertz CT molecular complexity index is 967. The number of carbonyl (C=O) groups is 1. The first kappa shape index (κ1) is 23.9. The lowest BCUT2D eigenvalue weighted by atomic mass is 9.90. The van der Waals surface area contributed by atoms with E-state index in [0.29, 0.717) is 0 Å². The maximum Gasteiger partial charge on any atom is 0.199 e. The lowest BCUT2D eigenvalue weighted by molar-refractivity contribution is -0.462. The maximum atomic E-state index is 8.89. The first-order valence-electron chi connectivity index (χ1n) is 10.6. The maximum absolute atomic E-state index is 8.89. The number of hydrogen-bond acceptors (Lipinski definition) is 3. The van der Waals surface area contributed by atoms with Crippen LogP contribution in [0.1, 0.15) is 31.9 Å². The minimum Gasteiger partial charge on any atom is -0.550 e. The molecule has 0 aliphatic heterocycles. The quantitative estimate of drug-likeness (QED) is 0.694. The van der Waals surface area contributed by atoms with E-state index in [0.717, 1.165) is 20.0 Å². The summed E-state index contributed by atoms with van der Waals surface area (Å²) in [5.74, 6) is -1.08. The van der Waals surface area contributed by atoms with Crippen molar-refractivity contribution in [2.75, 3.05) is 32.1 Å². The van der Waals surface area contributed by atoms with Gasteiger partial charge in [0.15, 0.2) is 5.71 Å². The van der Waals surface area contributed by atoms with Crippen LogP contribution in [-0.4, -0.2) is 43.4 Å². The third kappa shape index (κ3) is 6.82. The highest BCUT2D eigenvalue weighted by Crippen LogP contribution is 2.30. The van der Waals surface area contributed by atoms with Crippen LogP contribution in [0.5, 0.6) is 0 Å². The number of nitrogens with zero attached hydrogens (tertiary/aromatic N) is 2. The highest BCUT2D eigenvalue weighted by atomic mass is 16.4. The average molecular weight is 417 g/mol. The van der Waals surface area contributed by atoms with Crippen molar-refractivity contribution >= 4 is 22.9 Å². The van der Waals surface area contributed by atoms with Crippen molar-refractivity contribution in [1.29, 1.82) is 0 Å². The second kappa shape index (κ2) is 11.7. The Morgan fingerprint density at radius 3 is 1.77 bits per heavy atom. The minimum absolute atomic E-state index is 0.972. The summed E-state index contributed by atoms with van der Waals surface area (Å²) in [6.45, 7) is 7.42. The van der Waals surface area contributed by atoms with Gasteiger partial charge >= 0.3 is 0 Å². The zero-order valence-corrected chi connectivity index (χ0v) is 19.1. The number of carboxylic acids is 1. The van der Waals surface area contributed by atoms with Gasteiger partial charge in [-0.05, 0) is 67.3 Å². The normalized spacial score (nSPS) is 12.2. The second-order valence-electron chi connectivity index (χ2n) is 7.39. The van der Waals surface area contributed by atoms with E-state index in [2.05, 4.69) is 116 Å². The first-order valence-corrected chi connectivity index (χ1v) is 10.6. The van der Waals surface area contributed by atoms with Gasteiger partial charge in [0.2, 0.25) is 0 Å². The van der Waals surface area contributed by atoms with Crippen molar-refractivity contribution in [2.45, 2.75) is 20.8 Å². The molecule has 0 spiro atoms. The van der Waals surface area contributed by atoms with Gasteiger partial charge in [0.1, 0.15) is 14.1 Å². The molecule has 4 nitrogen and oxygen atoms in total. The van der Waals surface area contributed by atoms with Crippen molar-refractivity contribution in [3.63, 3.8) is 0 Å². The van der Waals surface area contributed by atoms with Crippen LogP contribution >= 0.6 is 0 Å². The molecule has 162 valence electrons. The van der Waals surface area contributed by atoms with Gasteiger partial charge in [0.05, 0.1) is 0 Å². The van der Waals surface area contributed by atoms with E-state index in [4.69, 9.17) is 9.90 Å². The van der Waals surface area contributed by atoms with Crippen molar-refractivity contribution in [3.05, 3.63) is 95.6 Å². The van der Waals surface area contributed by atoms with Crippen LogP contribution in [0.3, 0.4) is 0 Å². The molecule has 0 fully saturated rings. The van der Waals surface area contributed by atoms with Gasteiger partial charge in [-0.1, -0.05) is 42.5 Å². The van der Waals surface area contributed by atoms with Gasteiger partial charge in [-0.15, -0.1) is 0 Å². The van der Waals surface area contributed by atoms with Gasteiger partial charge in [0.25, 0.3) is 0 Å². The van der Waals surface area contributed by atoms with Gasteiger partial charge in [-0.2, -0.15) is 0 Å². The molecule has 0 bridgehead atoms. The Morgan fingerprint density at radius 1 is 0.839 bits per heavy atom. The number of aliphatic carboxylic acids is 1. The molecular formula is C27H32N2O2. The van der Waals surface area contributed by atoms with E-state index in [1.165, 1.54) is 33.7 Å². The molecule has 0 amide bonds. The molecule has 0 N–H and O–H groups in total. The Balaban J connectivity index is 0.000000785.